The van der Waals surface area contributed by atoms with Crippen molar-refractivity contribution in [2.24, 2.45) is 35.3 Å². The molecule has 0 spiro atoms. The third kappa shape index (κ3) is 4.99. The van der Waals surface area contributed by atoms with Crippen molar-refractivity contribution >= 4 is 34.8 Å². The minimum Gasteiger partial charge on any atom is -0.508 e. The van der Waals surface area contributed by atoms with Crippen LogP contribution in [0, 0.1) is 29.6 Å². The summed E-state index contributed by atoms with van der Waals surface area (Å²) in [6.07, 6.45) is 6.46. The van der Waals surface area contributed by atoms with Gasteiger partial charge in [0.05, 0.1) is 5.56 Å². The number of primary amides is 1. The van der Waals surface area contributed by atoms with Gasteiger partial charge < -0.3 is 31.5 Å². The molecule has 2 amide bonds. The molecule has 4 atom stereocenters. The third-order valence-corrected chi connectivity index (χ3v) is 10.5. The van der Waals surface area contributed by atoms with Crippen LogP contribution in [0.2, 0.25) is 0 Å². The van der Waals surface area contributed by atoms with Crippen molar-refractivity contribution in [3.05, 3.63) is 64.4 Å². The quantitative estimate of drug-likeness (QED) is 0.244. The number of benzene rings is 2. The van der Waals surface area contributed by atoms with Crippen LogP contribution < -0.4 is 11.1 Å². The van der Waals surface area contributed by atoms with Crippen molar-refractivity contribution in [1.29, 1.82) is 0 Å². The van der Waals surface area contributed by atoms with Crippen molar-refractivity contribution in [3.63, 3.8) is 0 Å². The molecule has 0 aromatic heterocycles. The molecule has 2 fully saturated rings. The SMILES string of the molecule is CC(C)[C@@H]1C(=O)C(C(N)=O)=C(O)[C@@]2(O)C(=O)C3=C(O)c4c(O)ccc(-c5ccc(NC(=O)CC6CCCCC6)cc5)c4C[C@H]3C[C@@H]12. The van der Waals surface area contributed by atoms with E-state index in [2.05, 4.69) is 5.32 Å². The Morgan fingerprint density at radius 2 is 1.67 bits per heavy atom. The number of ketones is 2. The first kappa shape index (κ1) is 31.5. The molecule has 6 rings (SSSR count). The van der Waals surface area contributed by atoms with Gasteiger partial charge in [0.2, 0.25) is 11.7 Å². The van der Waals surface area contributed by atoms with E-state index in [1.807, 2.05) is 12.1 Å². The van der Waals surface area contributed by atoms with E-state index in [-0.39, 0.29) is 35.6 Å². The van der Waals surface area contributed by atoms with Gasteiger partial charge >= 0.3 is 0 Å². The highest BCUT2D eigenvalue weighted by molar-refractivity contribution is 6.23. The van der Waals surface area contributed by atoms with E-state index >= 15 is 0 Å². The first-order valence-corrected chi connectivity index (χ1v) is 16.1. The molecule has 242 valence electrons. The van der Waals surface area contributed by atoms with Gasteiger partial charge in [-0.1, -0.05) is 51.3 Å². The van der Waals surface area contributed by atoms with Crippen LogP contribution >= 0.6 is 0 Å². The summed E-state index contributed by atoms with van der Waals surface area (Å²) in [7, 11) is 0. The maximum absolute atomic E-state index is 14.1. The maximum Gasteiger partial charge on any atom is 0.255 e. The molecule has 46 heavy (non-hydrogen) atoms. The van der Waals surface area contributed by atoms with E-state index < -0.39 is 63.8 Å². The Kier molecular flexibility index (Phi) is 8.04. The second-order valence-corrected chi connectivity index (χ2v) is 13.6. The number of anilines is 1. The number of carbonyl (C=O) groups is 4. The van der Waals surface area contributed by atoms with E-state index in [1.165, 1.54) is 25.3 Å². The molecule has 10 heteroatoms. The molecule has 0 unspecified atom stereocenters. The second-order valence-electron chi connectivity index (χ2n) is 13.6. The molecule has 4 aliphatic carbocycles. The van der Waals surface area contributed by atoms with Gasteiger partial charge in [-0.2, -0.15) is 0 Å². The number of aliphatic hydroxyl groups excluding tert-OH is 2. The Balaban J connectivity index is 1.35. The number of fused-ring (bicyclic) bond motifs is 3. The number of carbonyl (C=O) groups excluding carboxylic acids is 4. The molecule has 2 saturated carbocycles. The monoisotopic (exact) mass is 628 g/mol. The Morgan fingerprint density at radius 1 is 1.00 bits per heavy atom. The fourth-order valence-corrected chi connectivity index (χ4v) is 8.35. The number of nitrogens with one attached hydrogen (secondary N) is 1. The zero-order valence-electron chi connectivity index (χ0n) is 26.0. The van der Waals surface area contributed by atoms with Gasteiger partial charge in [-0.25, -0.2) is 0 Å². The minimum atomic E-state index is -2.64. The summed E-state index contributed by atoms with van der Waals surface area (Å²) in [5.41, 5.74) is 4.51. The van der Waals surface area contributed by atoms with Crippen LogP contribution in [0.1, 0.15) is 69.9 Å². The number of phenols is 1. The minimum absolute atomic E-state index is 0.0177. The van der Waals surface area contributed by atoms with Crippen LogP contribution in [0.25, 0.3) is 16.9 Å². The summed E-state index contributed by atoms with van der Waals surface area (Å²) in [6.45, 7) is 3.46. The summed E-state index contributed by atoms with van der Waals surface area (Å²) in [4.78, 5) is 52.3. The predicted molar refractivity (Wildman–Crippen MR) is 170 cm³/mol. The van der Waals surface area contributed by atoms with Gasteiger partial charge in [0.25, 0.3) is 5.91 Å². The van der Waals surface area contributed by atoms with Crippen LogP contribution in [0.4, 0.5) is 5.69 Å². The average molecular weight is 629 g/mol. The first-order valence-electron chi connectivity index (χ1n) is 16.1. The number of aromatic hydroxyl groups is 1. The van der Waals surface area contributed by atoms with Gasteiger partial charge in [0, 0.05) is 29.5 Å². The highest BCUT2D eigenvalue weighted by Gasteiger charge is 2.64. The van der Waals surface area contributed by atoms with Crippen LogP contribution in [-0.4, -0.2) is 49.4 Å². The lowest BCUT2D eigenvalue weighted by atomic mass is 9.54. The molecule has 0 bridgehead atoms. The van der Waals surface area contributed by atoms with E-state index in [4.69, 9.17) is 5.73 Å². The smallest absolute Gasteiger partial charge is 0.255 e. The topological polar surface area (TPSA) is 187 Å². The molecule has 0 heterocycles. The maximum atomic E-state index is 14.1. The second kappa shape index (κ2) is 11.7. The van der Waals surface area contributed by atoms with Crippen LogP contribution in [0.15, 0.2) is 53.3 Å². The lowest BCUT2D eigenvalue weighted by molar-refractivity contribution is -0.155. The molecule has 2 aromatic carbocycles. The van der Waals surface area contributed by atoms with Gasteiger partial charge in [-0.05, 0) is 78.3 Å². The molecule has 0 aliphatic heterocycles. The Labute approximate surface area is 267 Å². The van der Waals surface area contributed by atoms with Crippen molar-refractivity contribution in [2.75, 3.05) is 5.32 Å². The van der Waals surface area contributed by atoms with Crippen molar-refractivity contribution < 1.29 is 39.6 Å². The predicted octanol–water partition coefficient (Wildman–Crippen LogP) is 4.88. The highest BCUT2D eigenvalue weighted by Crippen LogP contribution is 2.55. The molecular weight excluding hydrogens is 588 g/mol. The molecule has 10 nitrogen and oxygen atoms in total. The summed E-state index contributed by atoms with van der Waals surface area (Å²) >= 11 is 0. The standard InChI is InChI=1S/C36H40N2O8/c1-17(2)27-24-16-20-15-23-22(19-8-10-21(11-9-19)38-26(40)14-18-6-4-3-5-7-18)12-13-25(39)29(23)32(42)28(20)33(43)36(24,46)34(44)30(31(27)41)35(37)45/h8-13,17-18,20,24,27,39,42,44,46H,3-7,14-16H2,1-2H3,(H2,37,45)(H,38,40)/t20-,24-,27-,36-/m0/s1. The Bertz CT molecular complexity index is 1700. The van der Waals surface area contributed by atoms with Gasteiger partial charge in [0.1, 0.15) is 22.8 Å². The normalized spacial score (nSPS) is 26.5. The Morgan fingerprint density at radius 3 is 2.30 bits per heavy atom. The highest BCUT2D eigenvalue weighted by atomic mass is 16.3. The first-order chi connectivity index (χ1) is 21.8. The molecule has 2 aromatic rings. The van der Waals surface area contributed by atoms with Crippen molar-refractivity contribution in [1.82, 2.24) is 0 Å². The van der Waals surface area contributed by atoms with Gasteiger partial charge in [0.15, 0.2) is 11.4 Å². The van der Waals surface area contributed by atoms with Crippen molar-refractivity contribution in [2.45, 2.75) is 70.8 Å². The Hall–Kier alpha value is -4.44. The molecular formula is C36H40N2O8. The number of aliphatic hydroxyl groups is 3. The summed E-state index contributed by atoms with van der Waals surface area (Å²) < 4.78 is 0. The number of amides is 2. The zero-order valence-corrected chi connectivity index (χ0v) is 26.0. The number of rotatable bonds is 6. The van der Waals surface area contributed by atoms with Gasteiger partial charge in [-0.15, -0.1) is 0 Å². The fourth-order valence-electron chi connectivity index (χ4n) is 8.35. The van der Waals surface area contributed by atoms with E-state index in [0.29, 0.717) is 29.2 Å². The number of Topliss-reactive ketones (excluding diaryl/α,β-unsaturated/α-hetero) is 2. The van der Waals surface area contributed by atoms with Crippen LogP contribution in [-0.2, 0) is 25.6 Å². The summed E-state index contributed by atoms with van der Waals surface area (Å²) in [5, 5.41) is 48.2. The van der Waals surface area contributed by atoms with E-state index in [1.54, 1.807) is 32.0 Å². The average Bonchev–Trinajstić information content (AvgIpc) is 3.00. The van der Waals surface area contributed by atoms with Crippen molar-refractivity contribution in [3.8, 4) is 16.9 Å². The van der Waals surface area contributed by atoms with E-state index in [9.17, 15) is 39.6 Å². The fraction of sp³-hybridized carbons (Fsp3) is 0.444. The lowest BCUT2D eigenvalue weighted by Crippen LogP contribution is -2.62. The number of hydrogen-bond donors (Lipinski definition) is 6. The van der Waals surface area contributed by atoms with Crippen LogP contribution in [0.5, 0.6) is 5.75 Å². The third-order valence-electron chi connectivity index (χ3n) is 10.5. The van der Waals surface area contributed by atoms with E-state index in [0.717, 1.165) is 18.4 Å². The van der Waals surface area contributed by atoms with Gasteiger partial charge in [-0.3, -0.25) is 19.2 Å². The number of nitrogens with two attached hydrogens (primary N) is 1. The lowest BCUT2D eigenvalue weighted by Gasteiger charge is -2.50. The zero-order chi connectivity index (χ0) is 33.1. The summed E-state index contributed by atoms with van der Waals surface area (Å²) in [6, 6.07) is 10.4. The summed E-state index contributed by atoms with van der Waals surface area (Å²) in [5.74, 6) is -7.61. The molecule has 4 aliphatic rings. The number of hydrogen-bond acceptors (Lipinski definition) is 8. The molecule has 0 saturated heterocycles. The van der Waals surface area contributed by atoms with Crippen LogP contribution in [0.3, 0.4) is 0 Å². The largest absolute Gasteiger partial charge is 0.508 e. The molecule has 7 N–H and O–H groups in total. The molecule has 0 radical (unpaired) electrons. The number of phenolic OH excluding ortho intramolecular Hbond substituents is 1.